The molecule has 0 aliphatic heterocycles. The SMILES string of the molecule is CCCCCCC1CC(CC)CCC1NCCC. The molecule has 0 aromatic carbocycles. The van der Waals surface area contributed by atoms with E-state index in [4.69, 9.17) is 0 Å². The molecule has 3 atom stereocenters. The lowest BCUT2D eigenvalue weighted by Gasteiger charge is -2.36. The zero-order chi connectivity index (χ0) is 13.2. The van der Waals surface area contributed by atoms with Crippen LogP contribution in [0.4, 0.5) is 0 Å². The number of hydrogen-bond acceptors (Lipinski definition) is 1. The van der Waals surface area contributed by atoms with Crippen LogP contribution in [-0.2, 0) is 0 Å². The summed E-state index contributed by atoms with van der Waals surface area (Å²) in [5, 5.41) is 3.81. The van der Waals surface area contributed by atoms with Crippen molar-refractivity contribution < 1.29 is 0 Å². The van der Waals surface area contributed by atoms with Crippen molar-refractivity contribution in [3.05, 3.63) is 0 Å². The average Bonchev–Trinajstić information content (AvgIpc) is 2.42. The Morgan fingerprint density at radius 1 is 0.944 bits per heavy atom. The van der Waals surface area contributed by atoms with Crippen LogP contribution in [0.25, 0.3) is 0 Å². The molecule has 1 aliphatic carbocycles. The fourth-order valence-corrected chi connectivity index (χ4v) is 3.48. The summed E-state index contributed by atoms with van der Waals surface area (Å²) >= 11 is 0. The molecule has 0 heterocycles. The van der Waals surface area contributed by atoms with Crippen LogP contribution in [-0.4, -0.2) is 12.6 Å². The monoisotopic (exact) mass is 253 g/mol. The standard InChI is InChI=1S/C17H35N/c1-4-7-8-9-10-16-14-15(6-3)11-12-17(16)18-13-5-2/h15-18H,4-14H2,1-3H3. The maximum absolute atomic E-state index is 3.81. The number of hydrogen-bond donors (Lipinski definition) is 1. The van der Waals surface area contributed by atoms with Gasteiger partial charge in [-0.2, -0.15) is 0 Å². The molecule has 3 unspecified atom stereocenters. The quantitative estimate of drug-likeness (QED) is 0.560. The summed E-state index contributed by atoms with van der Waals surface area (Å²) in [6.07, 6.45) is 14.2. The van der Waals surface area contributed by atoms with E-state index in [1.54, 1.807) is 0 Å². The third-order valence-corrected chi connectivity index (χ3v) is 4.75. The minimum Gasteiger partial charge on any atom is -0.314 e. The molecule has 1 aliphatic rings. The topological polar surface area (TPSA) is 12.0 Å². The summed E-state index contributed by atoms with van der Waals surface area (Å²) in [5.41, 5.74) is 0. The third-order valence-electron chi connectivity index (χ3n) is 4.75. The molecular weight excluding hydrogens is 218 g/mol. The molecule has 0 saturated heterocycles. The van der Waals surface area contributed by atoms with Gasteiger partial charge in [0, 0.05) is 6.04 Å². The Labute approximate surface area is 115 Å². The second kappa shape index (κ2) is 9.83. The van der Waals surface area contributed by atoms with Crippen molar-refractivity contribution in [2.75, 3.05) is 6.54 Å². The maximum Gasteiger partial charge on any atom is 0.00955 e. The molecule has 0 spiro atoms. The normalized spacial score (nSPS) is 28.5. The van der Waals surface area contributed by atoms with Crippen LogP contribution in [0, 0.1) is 11.8 Å². The highest BCUT2D eigenvalue weighted by Crippen LogP contribution is 2.34. The lowest BCUT2D eigenvalue weighted by Crippen LogP contribution is -2.41. The molecule has 1 heteroatoms. The minimum atomic E-state index is 0.828. The Morgan fingerprint density at radius 2 is 1.78 bits per heavy atom. The van der Waals surface area contributed by atoms with E-state index in [0.717, 1.165) is 17.9 Å². The first-order chi connectivity index (χ1) is 8.81. The Hall–Kier alpha value is -0.0400. The fraction of sp³-hybridized carbons (Fsp3) is 1.00. The third kappa shape index (κ3) is 5.73. The summed E-state index contributed by atoms with van der Waals surface area (Å²) in [7, 11) is 0. The Morgan fingerprint density at radius 3 is 2.44 bits per heavy atom. The molecule has 1 fully saturated rings. The van der Waals surface area contributed by atoms with E-state index >= 15 is 0 Å². The summed E-state index contributed by atoms with van der Waals surface area (Å²) in [4.78, 5) is 0. The van der Waals surface area contributed by atoms with Gasteiger partial charge in [0.2, 0.25) is 0 Å². The zero-order valence-electron chi connectivity index (χ0n) is 13.0. The van der Waals surface area contributed by atoms with Gasteiger partial charge < -0.3 is 5.32 Å². The molecule has 0 bridgehead atoms. The summed E-state index contributed by atoms with van der Waals surface area (Å²) in [6, 6.07) is 0.828. The second-order valence-corrected chi connectivity index (χ2v) is 6.26. The van der Waals surface area contributed by atoms with Gasteiger partial charge in [-0.25, -0.2) is 0 Å². The van der Waals surface area contributed by atoms with Crippen LogP contribution in [0.3, 0.4) is 0 Å². The molecule has 18 heavy (non-hydrogen) atoms. The van der Waals surface area contributed by atoms with Crippen LogP contribution in [0.15, 0.2) is 0 Å². The molecule has 1 rings (SSSR count). The van der Waals surface area contributed by atoms with Gasteiger partial charge in [-0.15, -0.1) is 0 Å². The maximum atomic E-state index is 3.81. The molecule has 0 aromatic heterocycles. The average molecular weight is 253 g/mol. The molecular formula is C17H35N. The van der Waals surface area contributed by atoms with Crippen LogP contribution in [0.2, 0.25) is 0 Å². The number of nitrogens with one attached hydrogen (secondary N) is 1. The predicted molar refractivity (Wildman–Crippen MR) is 82.0 cm³/mol. The van der Waals surface area contributed by atoms with Crippen LogP contribution in [0.5, 0.6) is 0 Å². The van der Waals surface area contributed by atoms with E-state index in [2.05, 4.69) is 26.1 Å². The van der Waals surface area contributed by atoms with E-state index in [1.165, 1.54) is 70.8 Å². The molecule has 0 amide bonds. The van der Waals surface area contributed by atoms with Crippen molar-refractivity contribution in [3.63, 3.8) is 0 Å². The van der Waals surface area contributed by atoms with Crippen LogP contribution >= 0.6 is 0 Å². The van der Waals surface area contributed by atoms with Gasteiger partial charge in [0.05, 0.1) is 0 Å². The zero-order valence-corrected chi connectivity index (χ0v) is 13.0. The van der Waals surface area contributed by atoms with Gasteiger partial charge in [-0.1, -0.05) is 52.9 Å². The first-order valence-electron chi connectivity index (χ1n) is 8.55. The van der Waals surface area contributed by atoms with Gasteiger partial charge in [0.25, 0.3) is 0 Å². The molecule has 0 radical (unpaired) electrons. The lowest BCUT2D eigenvalue weighted by molar-refractivity contribution is 0.186. The first-order valence-corrected chi connectivity index (χ1v) is 8.55. The molecule has 108 valence electrons. The highest BCUT2D eigenvalue weighted by Gasteiger charge is 2.28. The van der Waals surface area contributed by atoms with Gasteiger partial charge in [0.1, 0.15) is 0 Å². The lowest BCUT2D eigenvalue weighted by atomic mass is 9.75. The van der Waals surface area contributed by atoms with Crippen molar-refractivity contribution in [1.29, 1.82) is 0 Å². The summed E-state index contributed by atoms with van der Waals surface area (Å²) < 4.78 is 0. The highest BCUT2D eigenvalue weighted by atomic mass is 14.9. The fourth-order valence-electron chi connectivity index (χ4n) is 3.48. The molecule has 1 nitrogen and oxygen atoms in total. The summed E-state index contributed by atoms with van der Waals surface area (Å²) in [5.74, 6) is 1.98. The van der Waals surface area contributed by atoms with Gasteiger partial charge in [-0.3, -0.25) is 0 Å². The van der Waals surface area contributed by atoms with Crippen molar-refractivity contribution in [1.82, 2.24) is 5.32 Å². The second-order valence-electron chi connectivity index (χ2n) is 6.26. The number of rotatable bonds is 9. The Kier molecular flexibility index (Phi) is 8.75. The smallest absolute Gasteiger partial charge is 0.00955 e. The van der Waals surface area contributed by atoms with Crippen molar-refractivity contribution in [2.24, 2.45) is 11.8 Å². The van der Waals surface area contributed by atoms with Gasteiger partial charge in [0.15, 0.2) is 0 Å². The predicted octanol–water partition coefficient (Wildman–Crippen LogP) is 5.15. The van der Waals surface area contributed by atoms with E-state index < -0.39 is 0 Å². The van der Waals surface area contributed by atoms with E-state index in [1.807, 2.05) is 0 Å². The number of unbranched alkanes of at least 4 members (excludes halogenated alkanes) is 3. The summed E-state index contributed by atoms with van der Waals surface area (Å²) in [6.45, 7) is 8.17. The largest absolute Gasteiger partial charge is 0.314 e. The van der Waals surface area contributed by atoms with E-state index in [-0.39, 0.29) is 0 Å². The Balaban J connectivity index is 2.33. The van der Waals surface area contributed by atoms with Gasteiger partial charge in [-0.05, 0) is 50.5 Å². The van der Waals surface area contributed by atoms with Crippen molar-refractivity contribution >= 4 is 0 Å². The van der Waals surface area contributed by atoms with Crippen molar-refractivity contribution in [2.45, 2.75) is 91.0 Å². The van der Waals surface area contributed by atoms with Crippen molar-refractivity contribution in [3.8, 4) is 0 Å². The molecule has 1 N–H and O–H groups in total. The van der Waals surface area contributed by atoms with E-state index in [0.29, 0.717) is 0 Å². The first kappa shape index (κ1) is 16.0. The van der Waals surface area contributed by atoms with Crippen LogP contribution < -0.4 is 5.32 Å². The molecule has 1 saturated carbocycles. The Bertz CT molecular complexity index is 190. The minimum absolute atomic E-state index is 0.828. The van der Waals surface area contributed by atoms with Gasteiger partial charge >= 0.3 is 0 Å². The van der Waals surface area contributed by atoms with E-state index in [9.17, 15) is 0 Å². The van der Waals surface area contributed by atoms with Crippen LogP contribution in [0.1, 0.15) is 85.0 Å². The highest BCUT2D eigenvalue weighted by molar-refractivity contribution is 4.84. The molecule has 0 aromatic rings.